The quantitative estimate of drug-likeness (QED) is 0.713. The van der Waals surface area contributed by atoms with Crippen LogP contribution in [0.1, 0.15) is 28.8 Å². The highest BCUT2D eigenvalue weighted by atomic mass is 16.6. The van der Waals surface area contributed by atoms with Crippen molar-refractivity contribution in [2.24, 2.45) is 0 Å². The molecule has 0 aliphatic carbocycles. The number of aliphatic hydroxyl groups excluding tert-OH is 1. The number of amides is 3. The predicted molar refractivity (Wildman–Crippen MR) is 79.5 cm³/mol. The predicted octanol–water partition coefficient (Wildman–Crippen LogP) is -0.420. The molecule has 1 aromatic rings. The third-order valence-corrected chi connectivity index (χ3v) is 4.54. The Labute approximate surface area is 137 Å². The molecule has 0 radical (unpaired) electrons. The zero-order valence-corrected chi connectivity index (χ0v) is 12.8. The lowest BCUT2D eigenvalue weighted by Crippen LogP contribution is -2.52. The zero-order valence-electron chi connectivity index (χ0n) is 12.8. The third kappa shape index (κ3) is 2.22. The summed E-state index contributed by atoms with van der Waals surface area (Å²) in [6.45, 7) is 0.279. The summed E-state index contributed by atoms with van der Waals surface area (Å²) in [5.41, 5.74) is 1.16. The van der Waals surface area contributed by atoms with Gasteiger partial charge in [0, 0.05) is 17.5 Å². The number of carbonyl (C=O) groups is 3. The molecule has 2 N–H and O–H groups in total. The van der Waals surface area contributed by atoms with Crippen LogP contribution in [0.5, 0.6) is 11.5 Å². The van der Waals surface area contributed by atoms with Crippen molar-refractivity contribution in [3.63, 3.8) is 0 Å². The van der Waals surface area contributed by atoms with E-state index in [0.717, 1.165) is 0 Å². The largest absolute Gasteiger partial charge is 0.485 e. The van der Waals surface area contributed by atoms with Gasteiger partial charge in [0.25, 0.3) is 5.91 Å². The first-order valence-corrected chi connectivity index (χ1v) is 7.79. The first-order valence-electron chi connectivity index (χ1n) is 7.79. The van der Waals surface area contributed by atoms with E-state index < -0.39 is 18.1 Å². The summed E-state index contributed by atoms with van der Waals surface area (Å²) >= 11 is 0. The number of nitrogens with zero attached hydrogens (tertiary/aromatic N) is 1. The molecule has 0 spiro atoms. The number of aliphatic hydroxyl groups is 1. The van der Waals surface area contributed by atoms with E-state index in [0.29, 0.717) is 29.0 Å². The van der Waals surface area contributed by atoms with Gasteiger partial charge in [-0.05, 0) is 18.6 Å². The first kappa shape index (κ1) is 14.9. The van der Waals surface area contributed by atoms with E-state index in [1.54, 1.807) is 12.1 Å². The van der Waals surface area contributed by atoms with Gasteiger partial charge in [0.1, 0.15) is 12.6 Å². The number of hydrogen-bond donors (Lipinski definition) is 2. The number of rotatable bonds is 2. The van der Waals surface area contributed by atoms with Crippen LogP contribution in [0, 0.1) is 0 Å². The van der Waals surface area contributed by atoms with Crippen LogP contribution in [0.2, 0.25) is 0 Å². The number of carbonyl (C=O) groups excluding carboxylic acids is 3. The van der Waals surface area contributed by atoms with Gasteiger partial charge in [-0.25, -0.2) is 0 Å². The minimum atomic E-state index is -0.659. The van der Waals surface area contributed by atoms with Gasteiger partial charge in [-0.15, -0.1) is 0 Å². The van der Waals surface area contributed by atoms with Gasteiger partial charge in [0.2, 0.25) is 11.8 Å². The van der Waals surface area contributed by atoms with Crippen LogP contribution in [0.3, 0.4) is 0 Å². The maximum Gasteiger partial charge on any atom is 0.255 e. The maximum atomic E-state index is 12.7. The average molecular weight is 332 g/mol. The highest BCUT2D eigenvalue weighted by molar-refractivity contribution is 6.05. The number of benzene rings is 1. The minimum Gasteiger partial charge on any atom is -0.485 e. The molecule has 1 fully saturated rings. The highest BCUT2D eigenvalue weighted by Gasteiger charge is 2.41. The van der Waals surface area contributed by atoms with Crippen LogP contribution < -0.4 is 14.8 Å². The molecule has 3 aliphatic rings. The molecule has 0 bridgehead atoms. The number of piperidine rings is 1. The van der Waals surface area contributed by atoms with Gasteiger partial charge in [0.15, 0.2) is 17.6 Å². The monoisotopic (exact) mass is 332 g/mol. The number of ether oxygens (including phenoxy) is 2. The van der Waals surface area contributed by atoms with Crippen LogP contribution in [0.15, 0.2) is 12.1 Å². The lowest BCUT2D eigenvalue weighted by molar-refractivity contribution is -0.136. The molecular formula is C16H16N2O6. The molecule has 0 unspecified atom stereocenters. The molecule has 2 atom stereocenters. The van der Waals surface area contributed by atoms with Crippen LogP contribution in [-0.4, -0.2) is 53.1 Å². The van der Waals surface area contributed by atoms with E-state index in [4.69, 9.17) is 9.47 Å². The summed E-state index contributed by atoms with van der Waals surface area (Å²) in [6, 6.07) is 2.63. The van der Waals surface area contributed by atoms with Gasteiger partial charge < -0.3 is 19.5 Å². The van der Waals surface area contributed by atoms with E-state index in [9.17, 15) is 19.5 Å². The standard InChI is InChI=1S/C16H16N2O6/c19-6-8-7-23-14-10-5-18(11-2-4-13(20)17-15(11)21)16(22)9(10)1-3-12(14)24-8/h1,3,8,11,19H,2,4-7H2,(H,17,20,21)/t8-,11+/m1/s1. The van der Waals surface area contributed by atoms with E-state index in [1.165, 1.54) is 4.90 Å². The van der Waals surface area contributed by atoms with E-state index >= 15 is 0 Å². The summed E-state index contributed by atoms with van der Waals surface area (Å²) in [5.74, 6) is -0.0455. The molecule has 8 nitrogen and oxygen atoms in total. The summed E-state index contributed by atoms with van der Waals surface area (Å²) < 4.78 is 11.3. The minimum absolute atomic E-state index is 0.155. The third-order valence-electron chi connectivity index (χ3n) is 4.54. The Bertz CT molecular complexity index is 746. The van der Waals surface area contributed by atoms with Crippen LogP contribution in [0.4, 0.5) is 0 Å². The summed E-state index contributed by atoms with van der Waals surface area (Å²) in [7, 11) is 0. The van der Waals surface area contributed by atoms with E-state index in [-0.39, 0.29) is 38.0 Å². The molecule has 1 aromatic carbocycles. The second kappa shape index (κ2) is 5.48. The van der Waals surface area contributed by atoms with Gasteiger partial charge in [-0.1, -0.05) is 0 Å². The Morgan fingerprint density at radius 3 is 2.88 bits per heavy atom. The van der Waals surface area contributed by atoms with Crippen LogP contribution in [-0.2, 0) is 16.1 Å². The van der Waals surface area contributed by atoms with Crippen molar-refractivity contribution in [1.29, 1.82) is 0 Å². The van der Waals surface area contributed by atoms with Gasteiger partial charge in [-0.3, -0.25) is 19.7 Å². The van der Waals surface area contributed by atoms with Gasteiger partial charge in [-0.2, -0.15) is 0 Å². The number of nitrogens with one attached hydrogen (secondary N) is 1. The zero-order chi connectivity index (χ0) is 16.8. The molecule has 4 rings (SSSR count). The molecule has 1 saturated heterocycles. The molecule has 8 heteroatoms. The molecule has 3 aliphatic heterocycles. The number of imide groups is 1. The van der Waals surface area contributed by atoms with Gasteiger partial charge >= 0.3 is 0 Å². The number of hydrogen-bond acceptors (Lipinski definition) is 6. The molecule has 3 amide bonds. The first-order chi connectivity index (χ1) is 11.6. The normalized spacial score (nSPS) is 25.5. The van der Waals surface area contributed by atoms with Gasteiger partial charge in [0.05, 0.1) is 13.2 Å². The van der Waals surface area contributed by atoms with Crippen molar-refractivity contribution in [2.45, 2.75) is 31.5 Å². The molecule has 3 heterocycles. The topological polar surface area (TPSA) is 105 Å². The second-order valence-corrected chi connectivity index (χ2v) is 6.05. The average Bonchev–Trinajstić information content (AvgIpc) is 2.91. The molecule has 24 heavy (non-hydrogen) atoms. The lowest BCUT2D eigenvalue weighted by atomic mass is 10.0. The Balaban J connectivity index is 1.63. The fourth-order valence-electron chi connectivity index (χ4n) is 3.32. The second-order valence-electron chi connectivity index (χ2n) is 6.05. The molecular weight excluding hydrogens is 316 g/mol. The Kier molecular flexibility index (Phi) is 3.42. The summed E-state index contributed by atoms with van der Waals surface area (Å²) in [4.78, 5) is 37.5. The van der Waals surface area contributed by atoms with Crippen LogP contribution in [0.25, 0.3) is 0 Å². The van der Waals surface area contributed by atoms with E-state index in [1.807, 2.05) is 0 Å². The van der Waals surface area contributed by atoms with E-state index in [2.05, 4.69) is 5.32 Å². The summed E-state index contributed by atoms with van der Waals surface area (Å²) in [6.07, 6.45) is 0.0991. The van der Waals surface area contributed by atoms with Crippen LogP contribution >= 0.6 is 0 Å². The van der Waals surface area contributed by atoms with Crippen molar-refractivity contribution in [1.82, 2.24) is 10.2 Å². The Morgan fingerprint density at radius 2 is 2.12 bits per heavy atom. The lowest BCUT2D eigenvalue weighted by Gasteiger charge is -2.29. The van der Waals surface area contributed by atoms with Crippen molar-refractivity contribution in [3.8, 4) is 11.5 Å². The molecule has 126 valence electrons. The maximum absolute atomic E-state index is 12.7. The van der Waals surface area contributed by atoms with Crippen molar-refractivity contribution < 1.29 is 29.0 Å². The molecule has 0 aromatic heterocycles. The molecule has 0 saturated carbocycles. The Morgan fingerprint density at radius 1 is 1.29 bits per heavy atom. The number of fused-ring (bicyclic) bond motifs is 3. The SMILES string of the molecule is O=C1CC[C@H](N2Cc3c(ccc4c3OC[C@@H](CO)O4)C2=O)C(=O)N1. The van der Waals surface area contributed by atoms with Crippen molar-refractivity contribution in [2.75, 3.05) is 13.2 Å². The summed E-state index contributed by atoms with van der Waals surface area (Å²) in [5, 5.41) is 11.4. The van der Waals surface area contributed by atoms with Crippen molar-refractivity contribution >= 4 is 17.7 Å². The fraction of sp³-hybridized carbons (Fsp3) is 0.438. The Hall–Kier alpha value is -2.61. The smallest absolute Gasteiger partial charge is 0.255 e. The highest BCUT2D eigenvalue weighted by Crippen LogP contribution is 2.41. The fourth-order valence-corrected chi connectivity index (χ4v) is 3.32. The van der Waals surface area contributed by atoms with Crippen molar-refractivity contribution in [3.05, 3.63) is 23.3 Å².